The molecule has 0 bridgehead atoms. The topological polar surface area (TPSA) is 69.0 Å². The number of thiophene rings is 1. The minimum Gasteiger partial charge on any atom is -0.463 e. The van der Waals surface area contributed by atoms with Crippen LogP contribution in [0.2, 0.25) is 0 Å². The number of anilines is 1. The Labute approximate surface area is 155 Å². The number of hydrogen-bond donors (Lipinski definition) is 1. The number of benzene rings is 1. The first-order valence-corrected chi connectivity index (χ1v) is 9.26. The highest BCUT2D eigenvalue weighted by atomic mass is 32.1. The number of esters is 1. The van der Waals surface area contributed by atoms with Crippen LogP contribution in [0.5, 0.6) is 0 Å². The number of aromatic nitrogens is 3. The van der Waals surface area contributed by atoms with Gasteiger partial charge in [0.05, 0.1) is 17.9 Å². The Bertz CT molecular complexity index is 974. The molecule has 2 aromatic heterocycles. The first-order valence-electron chi connectivity index (χ1n) is 8.38. The minimum absolute atomic E-state index is 0.310. The Kier molecular flexibility index (Phi) is 4.30. The number of carbonyl (C=O) groups is 1. The van der Waals surface area contributed by atoms with Crippen molar-refractivity contribution in [3.8, 4) is 0 Å². The molecule has 26 heavy (non-hydrogen) atoms. The zero-order valence-corrected chi connectivity index (χ0v) is 15.3. The van der Waals surface area contributed by atoms with Crippen molar-refractivity contribution in [1.82, 2.24) is 14.8 Å². The largest absolute Gasteiger partial charge is 0.463 e. The normalized spacial score (nSPS) is 16.2. The predicted molar refractivity (Wildman–Crippen MR) is 101 cm³/mol. The SMILES string of the molecule is CCOC(=O)C1=C(c2ccccc2)Nc2ncnn2[C@@H]1c1sccc1C. The van der Waals surface area contributed by atoms with Gasteiger partial charge in [0.25, 0.3) is 0 Å². The van der Waals surface area contributed by atoms with Gasteiger partial charge in [-0.25, -0.2) is 9.48 Å². The molecule has 0 aliphatic carbocycles. The molecule has 0 radical (unpaired) electrons. The third-order valence-electron chi connectivity index (χ3n) is 4.31. The van der Waals surface area contributed by atoms with E-state index in [1.165, 1.54) is 6.33 Å². The standard InChI is InChI=1S/C19H18N4O2S/c1-3-25-18(24)14-15(13-7-5-4-6-8-13)22-19-20-11-21-23(19)16(14)17-12(2)9-10-26-17/h4-11,16H,3H2,1-2H3,(H,20,21,22)/t16-/m0/s1. The molecule has 6 nitrogen and oxygen atoms in total. The maximum atomic E-state index is 13.0. The van der Waals surface area contributed by atoms with Crippen LogP contribution in [0.1, 0.15) is 29.0 Å². The van der Waals surface area contributed by atoms with Gasteiger partial charge in [-0.2, -0.15) is 10.1 Å². The Morgan fingerprint density at radius 2 is 2.12 bits per heavy atom. The molecule has 0 saturated carbocycles. The van der Waals surface area contributed by atoms with E-state index in [9.17, 15) is 4.79 Å². The molecule has 3 heterocycles. The molecule has 0 fully saturated rings. The summed E-state index contributed by atoms with van der Waals surface area (Å²) in [6.07, 6.45) is 1.50. The second kappa shape index (κ2) is 6.76. The Morgan fingerprint density at radius 3 is 2.81 bits per heavy atom. The third kappa shape index (κ3) is 2.70. The number of fused-ring (bicyclic) bond motifs is 1. The van der Waals surface area contributed by atoms with Crippen molar-refractivity contribution >= 4 is 29.0 Å². The summed E-state index contributed by atoms with van der Waals surface area (Å²) in [5.74, 6) is 0.257. The average Bonchev–Trinajstić information content (AvgIpc) is 3.29. The van der Waals surface area contributed by atoms with Gasteiger partial charge < -0.3 is 10.1 Å². The van der Waals surface area contributed by atoms with Crippen molar-refractivity contribution in [3.05, 3.63) is 69.7 Å². The first-order chi connectivity index (χ1) is 12.7. The van der Waals surface area contributed by atoms with Crippen molar-refractivity contribution in [2.75, 3.05) is 11.9 Å². The summed E-state index contributed by atoms with van der Waals surface area (Å²) in [4.78, 5) is 18.3. The van der Waals surface area contributed by atoms with Gasteiger partial charge in [-0.3, -0.25) is 0 Å². The van der Waals surface area contributed by atoms with E-state index < -0.39 is 0 Å². The van der Waals surface area contributed by atoms with E-state index in [1.54, 1.807) is 16.0 Å². The third-order valence-corrected chi connectivity index (χ3v) is 5.38. The molecule has 0 saturated heterocycles. The lowest BCUT2D eigenvalue weighted by atomic mass is 9.96. The molecule has 7 heteroatoms. The quantitative estimate of drug-likeness (QED) is 0.714. The van der Waals surface area contributed by atoms with E-state index in [1.807, 2.05) is 55.6 Å². The highest BCUT2D eigenvalue weighted by molar-refractivity contribution is 7.10. The fourth-order valence-electron chi connectivity index (χ4n) is 3.13. The van der Waals surface area contributed by atoms with Gasteiger partial charge >= 0.3 is 5.97 Å². The van der Waals surface area contributed by atoms with E-state index in [0.29, 0.717) is 23.8 Å². The van der Waals surface area contributed by atoms with E-state index in [-0.39, 0.29) is 12.0 Å². The zero-order valence-electron chi connectivity index (χ0n) is 14.5. The summed E-state index contributed by atoms with van der Waals surface area (Å²) in [5, 5.41) is 9.65. The molecule has 1 aliphatic rings. The number of carbonyl (C=O) groups excluding carboxylic acids is 1. The number of nitrogens with one attached hydrogen (secondary N) is 1. The minimum atomic E-state index is -0.372. The van der Waals surface area contributed by atoms with E-state index in [4.69, 9.17) is 4.74 Å². The second-order valence-electron chi connectivity index (χ2n) is 5.90. The van der Waals surface area contributed by atoms with Crippen LogP contribution in [0.15, 0.2) is 53.7 Å². The predicted octanol–water partition coefficient (Wildman–Crippen LogP) is 3.64. The lowest BCUT2D eigenvalue weighted by molar-refractivity contribution is -0.138. The lowest BCUT2D eigenvalue weighted by Gasteiger charge is -2.29. The molecule has 1 atom stereocenters. The molecule has 0 unspecified atom stereocenters. The van der Waals surface area contributed by atoms with Crippen molar-refractivity contribution in [2.45, 2.75) is 19.9 Å². The molecule has 0 amide bonds. The highest BCUT2D eigenvalue weighted by Gasteiger charge is 2.37. The van der Waals surface area contributed by atoms with Crippen LogP contribution in [0.3, 0.4) is 0 Å². The second-order valence-corrected chi connectivity index (χ2v) is 6.85. The van der Waals surface area contributed by atoms with Crippen LogP contribution in [-0.4, -0.2) is 27.3 Å². The molecular weight excluding hydrogens is 348 g/mol. The smallest absolute Gasteiger partial charge is 0.338 e. The fourth-order valence-corrected chi connectivity index (χ4v) is 4.15. The van der Waals surface area contributed by atoms with Crippen LogP contribution >= 0.6 is 11.3 Å². The summed E-state index contributed by atoms with van der Waals surface area (Å²) in [6.45, 7) is 4.16. The van der Waals surface area contributed by atoms with Gasteiger partial charge in [0.1, 0.15) is 12.4 Å². The Hall–Kier alpha value is -2.93. The number of ether oxygens (including phenoxy) is 1. The van der Waals surface area contributed by atoms with Gasteiger partial charge in [0.2, 0.25) is 5.95 Å². The van der Waals surface area contributed by atoms with Crippen molar-refractivity contribution in [3.63, 3.8) is 0 Å². The van der Waals surface area contributed by atoms with Crippen LogP contribution in [0.25, 0.3) is 5.70 Å². The van der Waals surface area contributed by atoms with Gasteiger partial charge in [0.15, 0.2) is 0 Å². The van der Waals surface area contributed by atoms with Crippen LogP contribution in [0.4, 0.5) is 5.95 Å². The monoisotopic (exact) mass is 366 g/mol. The van der Waals surface area contributed by atoms with Crippen molar-refractivity contribution in [2.24, 2.45) is 0 Å². The summed E-state index contributed by atoms with van der Waals surface area (Å²) in [5.41, 5.74) is 3.27. The summed E-state index contributed by atoms with van der Waals surface area (Å²) >= 11 is 1.60. The number of nitrogens with zero attached hydrogens (tertiary/aromatic N) is 3. The summed E-state index contributed by atoms with van der Waals surface area (Å²) in [6, 6.07) is 11.4. The number of aryl methyl sites for hydroxylation is 1. The highest BCUT2D eigenvalue weighted by Crippen LogP contribution is 2.41. The van der Waals surface area contributed by atoms with Crippen LogP contribution in [0, 0.1) is 6.92 Å². The molecule has 1 N–H and O–H groups in total. The van der Waals surface area contributed by atoms with E-state index in [2.05, 4.69) is 15.4 Å². The Balaban J connectivity index is 1.98. The molecule has 132 valence electrons. The van der Waals surface area contributed by atoms with E-state index >= 15 is 0 Å². The first kappa shape index (κ1) is 16.5. The van der Waals surface area contributed by atoms with E-state index in [0.717, 1.165) is 16.0 Å². The van der Waals surface area contributed by atoms with Gasteiger partial charge in [0, 0.05) is 4.88 Å². The average molecular weight is 366 g/mol. The number of hydrogen-bond acceptors (Lipinski definition) is 6. The van der Waals surface area contributed by atoms with Gasteiger partial charge in [-0.05, 0) is 36.4 Å². The van der Waals surface area contributed by atoms with Crippen LogP contribution < -0.4 is 5.32 Å². The number of rotatable bonds is 4. The van der Waals surface area contributed by atoms with Crippen LogP contribution in [-0.2, 0) is 9.53 Å². The molecule has 0 spiro atoms. The lowest BCUT2D eigenvalue weighted by Crippen LogP contribution is -2.29. The van der Waals surface area contributed by atoms with Crippen molar-refractivity contribution in [1.29, 1.82) is 0 Å². The van der Waals surface area contributed by atoms with Crippen molar-refractivity contribution < 1.29 is 9.53 Å². The zero-order chi connectivity index (χ0) is 18.1. The maximum absolute atomic E-state index is 13.0. The van der Waals surface area contributed by atoms with Gasteiger partial charge in [-0.15, -0.1) is 11.3 Å². The Morgan fingerprint density at radius 1 is 1.31 bits per heavy atom. The van der Waals surface area contributed by atoms with Gasteiger partial charge in [-0.1, -0.05) is 30.3 Å². The molecule has 1 aromatic carbocycles. The summed E-state index contributed by atoms with van der Waals surface area (Å²) < 4.78 is 7.15. The summed E-state index contributed by atoms with van der Waals surface area (Å²) in [7, 11) is 0. The fraction of sp³-hybridized carbons (Fsp3) is 0.211. The maximum Gasteiger partial charge on any atom is 0.338 e. The molecule has 4 rings (SSSR count). The molecule has 3 aromatic rings. The molecule has 1 aliphatic heterocycles. The molecular formula is C19H18N4O2S.